The fraction of sp³-hybridized carbons (Fsp3) is 0.417. The number of rotatable bonds is 9. The third-order valence-electron chi connectivity index (χ3n) is 4.49. The molecule has 0 atom stereocenters. The number of carbonyl (C=O) groups excluding carboxylic acids is 1. The lowest BCUT2D eigenvalue weighted by molar-refractivity contribution is -0.138. The van der Waals surface area contributed by atoms with Crippen molar-refractivity contribution < 1.29 is 27.9 Å². The van der Waals surface area contributed by atoms with E-state index in [2.05, 4.69) is 0 Å². The number of hydrogen-bond donors (Lipinski definition) is 1. The maximum absolute atomic E-state index is 12.6. The molecule has 3 nitrogen and oxygen atoms in total. The van der Waals surface area contributed by atoms with Crippen molar-refractivity contribution in [1.82, 2.24) is 0 Å². The summed E-state index contributed by atoms with van der Waals surface area (Å²) in [6, 6.07) is 5.47. The van der Waals surface area contributed by atoms with Crippen LogP contribution in [0.25, 0.3) is 0 Å². The summed E-state index contributed by atoms with van der Waals surface area (Å²) >= 11 is 0. The summed E-state index contributed by atoms with van der Waals surface area (Å²) < 4.78 is 37.7. The molecule has 0 radical (unpaired) electrons. The third-order valence-corrected chi connectivity index (χ3v) is 4.49. The molecule has 1 aromatic carbocycles. The zero-order valence-corrected chi connectivity index (χ0v) is 17.3. The molecule has 0 unspecified atom stereocenters. The van der Waals surface area contributed by atoms with Crippen LogP contribution in [0.5, 0.6) is 0 Å². The fourth-order valence-electron chi connectivity index (χ4n) is 2.88. The molecular weight excluding hydrogens is 393 g/mol. The van der Waals surface area contributed by atoms with Gasteiger partial charge in [0.05, 0.1) is 5.56 Å². The lowest BCUT2D eigenvalue weighted by atomic mass is 10.0. The van der Waals surface area contributed by atoms with Crippen LogP contribution < -0.4 is 0 Å². The summed E-state index contributed by atoms with van der Waals surface area (Å²) in [5.41, 5.74) is 0.940. The smallest absolute Gasteiger partial charge is 0.416 e. The van der Waals surface area contributed by atoms with E-state index in [1.165, 1.54) is 12.1 Å². The number of unbranched alkanes of at least 4 members (excludes halogenated alkanes) is 3. The van der Waals surface area contributed by atoms with Crippen LogP contribution in [0.1, 0.15) is 63.0 Å². The number of halogens is 3. The zero-order chi connectivity index (χ0) is 22.4. The fourth-order valence-corrected chi connectivity index (χ4v) is 2.88. The molecule has 1 aliphatic rings. The number of ketones is 1. The maximum atomic E-state index is 12.6. The largest absolute Gasteiger partial charge is 0.481 e. The van der Waals surface area contributed by atoms with Gasteiger partial charge in [0, 0.05) is 6.42 Å². The number of benzene rings is 1. The molecule has 0 saturated carbocycles. The van der Waals surface area contributed by atoms with Crippen molar-refractivity contribution in [3.8, 4) is 0 Å². The Hall–Kier alpha value is -2.63. The molecule has 6 heteroatoms. The van der Waals surface area contributed by atoms with Crippen LogP contribution in [0.3, 0.4) is 0 Å². The van der Waals surface area contributed by atoms with Crippen LogP contribution in [-0.4, -0.2) is 16.9 Å². The van der Waals surface area contributed by atoms with Gasteiger partial charge in [0.1, 0.15) is 0 Å². The first kappa shape index (κ1) is 25.4. The second kappa shape index (κ2) is 13.6. The molecule has 0 aliphatic heterocycles. The topological polar surface area (TPSA) is 54.4 Å². The molecule has 0 heterocycles. The van der Waals surface area contributed by atoms with Crippen molar-refractivity contribution in [2.75, 3.05) is 0 Å². The zero-order valence-electron chi connectivity index (χ0n) is 17.3. The molecule has 0 amide bonds. The van der Waals surface area contributed by atoms with Gasteiger partial charge in [0.25, 0.3) is 0 Å². The number of carboxylic acid groups (broad SMARTS) is 1. The van der Waals surface area contributed by atoms with Gasteiger partial charge in [-0.3, -0.25) is 9.59 Å². The Balaban J connectivity index is 0.000000424. The highest BCUT2D eigenvalue weighted by Crippen LogP contribution is 2.29. The first-order valence-corrected chi connectivity index (χ1v) is 10.1. The van der Waals surface area contributed by atoms with E-state index < -0.39 is 17.7 Å². The van der Waals surface area contributed by atoms with Gasteiger partial charge in [-0.25, -0.2) is 0 Å². The average Bonchev–Trinajstić information content (AvgIpc) is 3.10. The minimum atomic E-state index is -4.28. The second-order valence-electron chi connectivity index (χ2n) is 7.00. The quantitative estimate of drug-likeness (QED) is 0.274. The summed E-state index contributed by atoms with van der Waals surface area (Å²) in [5.74, 6) is -0.632. The van der Waals surface area contributed by atoms with E-state index in [1.807, 2.05) is 31.2 Å². The van der Waals surface area contributed by atoms with Gasteiger partial charge < -0.3 is 5.11 Å². The molecule has 1 aromatic rings. The Morgan fingerprint density at radius 3 is 2.53 bits per heavy atom. The Labute approximate surface area is 176 Å². The number of alkyl halides is 3. The maximum Gasteiger partial charge on any atom is 0.416 e. The van der Waals surface area contributed by atoms with Crippen LogP contribution in [0.4, 0.5) is 13.2 Å². The van der Waals surface area contributed by atoms with Gasteiger partial charge >= 0.3 is 12.1 Å². The van der Waals surface area contributed by atoms with Crippen molar-refractivity contribution in [2.45, 2.75) is 64.5 Å². The highest BCUT2D eigenvalue weighted by Gasteiger charge is 2.30. The molecule has 0 aromatic heterocycles. The number of carbonyl (C=O) groups is 2. The van der Waals surface area contributed by atoms with Crippen molar-refractivity contribution in [2.24, 2.45) is 0 Å². The summed E-state index contributed by atoms with van der Waals surface area (Å²) in [7, 11) is 0. The average molecular weight is 422 g/mol. The van der Waals surface area contributed by atoms with Crippen molar-refractivity contribution in [3.05, 3.63) is 71.3 Å². The molecule has 2 rings (SSSR count). The Morgan fingerprint density at radius 2 is 1.93 bits per heavy atom. The molecule has 0 spiro atoms. The van der Waals surface area contributed by atoms with Gasteiger partial charge in [0.2, 0.25) is 0 Å². The standard InChI is InChI=1S/C17H17F3O.C7H12O2/c18-17(19,20)15-10-4-7-13(12-15)6-2-1-3-8-14-9-5-11-16(14)21;1-2-3-4-5-6-7(8)9/h4-5,7-8,10-12H,1-3,6,9H2;2-3H,4-6H2,1H3,(H,8,9)/b14-8+;3-2-. The van der Waals surface area contributed by atoms with Gasteiger partial charge in [0.15, 0.2) is 5.78 Å². The van der Waals surface area contributed by atoms with E-state index in [1.54, 1.807) is 12.1 Å². The minimum absolute atomic E-state index is 0.0767. The summed E-state index contributed by atoms with van der Waals surface area (Å²) in [4.78, 5) is 21.3. The number of aryl methyl sites for hydroxylation is 1. The Kier molecular flexibility index (Phi) is 11.5. The molecule has 1 N–H and O–H groups in total. The lowest BCUT2D eigenvalue weighted by Gasteiger charge is -2.08. The van der Waals surface area contributed by atoms with Crippen molar-refractivity contribution in [3.63, 3.8) is 0 Å². The van der Waals surface area contributed by atoms with Crippen molar-refractivity contribution in [1.29, 1.82) is 0 Å². The predicted molar refractivity (Wildman–Crippen MR) is 112 cm³/mol. The Bertz CT molecular complexity index is 774. The summed E-state index contributed by atoms with van der Waals surface area (Å²) in [6.07, 6.45) is 10.7. The second-order valence-corrected chi connectivity index (χ2v) is 7.00. The molecule has 0 fully saturated rings. The van der Waals surface area contributed by atoms with E-state index in [9.17, 15) is 22.8 Å². The molecule has 1 aliphatic carbocycles. The number of carboxylic acids is 1. The van der Waals surface area contributed by atoms with Gasteiger partial charge in [-0.05, 0) is 75.1 Å². The van der Waals surface area contributed by atoms with Gasteiger partial charge in [-0.15, -0.1) is 0 Å². The van der Waals surface area contributed by atoms with E-state index in [-0.39, 0.29) is 12.2 Å². The van der Waals surface area contributed by atoms with Crippen LogP contribution in [0, 0.1) is 0 Å². The van der Waals surface area contributed by atoms with Gasteiger partial charge in [-0.2, -0.15) is 13.2 Å². The summed E-state index contributed by atoms with van der Waals surface area (Å²) in [5, 5.41) is 8.19. The number of allylic oxidation sites excluding steroid dienone is 6. The van der Waals surface area contributed by atoms with Crippen LogP contribution in [0.15, 0.2) is 60.2 Å². The van der Waals surface area contributed by atoms with E-state index in [4.69, 9.17) is 5.11 Å². The van der Waals surface area contributed by atoms with Gasteiger partial charge in [-0.1, -0.05) is 42.5 Å². The number of hydrogen-bond acceptors (Lipinski definition) is 2. The monoisotopic (exact) mass is 422 g/mol. The Morgan fingerprint density at radius 1 is 1.17 bits per heavy atom. The summed E-state index contributed by atoms with van der Waals surface area (Å²) in [6.45, 7) is 1.93. The molecule has 30 heavy (non-hydrogen) atoms. The first-order valence-electron chi connectivity index (χ1n) is 10.1. The van der Waals surface area contributed by atoms with Crippen molar-refractivity contribution >= 4 is 11.8 Å². The number of aliphatic carboxylic acids is 1. The van der Waals surface area contributed by atoms with E-state index in [0.29, 0.717) is 18.4 Å². The highest BCUT2D eigenvalue weighted by molar-refractivity contribution is 6.06. The third kappa shape index (κ3) is 10.8. The predicted octanol–water partition coefficient (Wildman–Crippen LogP) is 6.69. The molecule has 0 bridgehead atoms. The lowest BCUT2D eigenvalue weighted by Crippen LogP contribution is -2.05. The molecule has 0 saturated heterocycles. The first-order chi connectivity index (χ1) is 14.2. The van der Waals surface area contributed by atoms with Crippen LogP contribution >= 0.6 is 0 Å². The van der Waals surface area contributed by atoms with E-state index in [0.717, 1.165) is 43.7 Å². The highest BCUT2D eigenvalue weighted by atomic mass is 19.4. The molecular formula is C24H29F3O3. The molecule has 164 valence electrons. The van der Waals surface area contributed by atoms with Crippen LogP contribution in [0.2, 0.25) is 0 Å². The minimum Gasteiger partial charge on any atom is -0.481 e. The van der Waals surface area contributed by atoms with E-state index >= 15 is 0 Å². The van der Waals surface area contributed by atoms with Crippen LogP contribution in [-0.2, 0) is 22.2 Å². The normalized spacial score (nSPS) is 14.9. The SMILES string of the molecule is C/C=C\CCCC(=O)O.O=C1C=CC/C1=C\CCCCc1cccc(C(F)(F)F)c1.